The highest BCUT2D eigenvalue weighted by atomic mass is 19.1. The first-order valence-electron chi connectivity index (χ1n) is 5.83. The number of carboxylic acid groups (broad SMARTS) is 1. The number of hydrogen-bond donors (Lipinski definition) is 1. The number of aromatic carboxylic acids is 1. The third-order valence-corrected chi connectivity index (χ3v) is 2.75. The van der Waals surface area contributed by atoms with Crippen LogP contribution in [0.25, 0.3) is 11.3 Å². The molecule has 3 rings (SSSR count). The Hall–Kier alpha value is -3.10. The van der Waals surface area contributed by atoms with Gasteiger partial charge in [-0.25, -0.2) is 13.9 Å². The Morgan fingerprint density at radius 2 is 2.10 bits per heavy atom. The van der Waals surface area contributed by atoms with Crippen LogP contribution < -0.4 is 0 Å². The molecular formula is C12H8FN5O3. The smallest absolute Gasteiger partial charge is 0.358 e. The van der Waals surface area contributed by atoms with Gasteiger partial charge >= 0.3 is 5.97 Å². The average molecular weight is 289 g/mol. The first-order valence-corrected chi connectivity index (χ1v) is 5.83. The zero-order chi connectivity index (χ0) is 14.8. The van der Waals surface area contributed by atoms with E-state index in [4.69, 9.17) is 0 Å². The minimum atomic E-state index is -1.23. The van der Waals surface area contributed by atoms with Crippen LogP contribution in [-0.4, -0.2) is 36.2 Å². The number of rotatable bonds is 4. The molecule has 0 atom stereocenters. The molecule has 0 aliphatic carbocycles. The Kier molecular flexibility index (Phi) is 3.14. The van der Waals surface area contributed by atoms with E-state index in [1.54, 1.807) is 0 Å². The lowest BCUT2D eigenvalue weighted by atomic mass is 10.1. The largest absolute Gasteiger partial charge is 0.476 e. The Balaban J connectivity index is 2.08. The van der Waals surface area contributed by atoms with Crippen molar-refractivity contribution in [2.75, 3.05) is 0 Å². The summed E-state index contributed by atoms with van der Waals surface area (Å²) in [6.07, 6.45) is 1.15. The summed E-state index contributed by atoms with van der Waals surface area (Å²) in [6, 6.07) is 5.36. The Labute approximate surface area is 116 Å². The molecule has 1 N–H and O–H groups in total. The lowest BCUT2D eigenvalue weighted by Gasteiger charge is -2.05. The number of benzene rings is 1. The lowest BCUT2D eigenvalue weighted by molar-refractivity contribution is 0.0691. The molecule has 3 aromatic rings. The van der Waals surface area contributed by atoms with Crippen molar-refractivity contribution >= 4 is 5.97 Å². The molecule has 21 heavy (non-hydrogen) atoms. The van der Waals surface area contributed by atoms with Crippen molar-refractivity contribution in [3.63, 3.8) is 0 Å². The summed E-state index contributed by atoms with van der Waals surface area (Å²) < 4.78 is 18.9. The van der Waals surface area contributed by atoms with Crippen LogP contribution in [0.4, 0.5) is 4.39 Å². The first kappa shape index (κ1) is 12.9. The van der Waals surface area contributed by atoms with E-state index in [1.165, 1.54) is 28.9 Å². The van der Waals surface area contributed by atoms with Crippen molar-refractivity contribution in [2.24, 2.45) is 0 Å². The second kappa shape index (κ2) is 5.12. The number of carboxylic acids is 1. The number of carbonyl (C=O) groups is 1. The van der Waals surface area contributed by atoms with E-state index in [-0.39, 0.29) is 17.9 Å². The second-order valence-electron chi connectivity index (χ2n) is 4.10. The highest BCUT2D eigenvalue weighted by Gasteiger charge is 2.21. The summed E-state index contributed by atoms with van der Waals surface area (Å²) in [5.74, 6) is -1.33. The molecule has 0 radical (unpaired) electrons. The van der Waals surface area contributed by atoms with E-state index in [2.05, 4.69) is 25.0 Å². The predicted octanol–water partition coefficient (Wildman–Crippen LogP) is 1.21. The van der Waals surface area contributed by atoms with Crippen molar-refractivity contribution in [3.05, 3.63) is 48.0 Å². The van der Waals surface area contributed by atoms with E-state index in [1.807, 2.05) is 0 Å². The highest BCUT2D eigenvalue weighted by Crippen LogP contribution is 2.23. The van der Waals surface area contributed by atoms with Crippen LogP contribution >= 0.6 is 0 Å². The van der Waals surface area contributed by atoms with Gasteiger partial charge in [0, 0.05) is 5.56 Å². The van der Waals surface area contributed by atoms with E-state index < -0.39 is 11.8 Å². The maximum atomic E-state index is 13.0. The fourth-order valence-electron chi connectivity index (χ4n) is 1.86. The molecule has 2 aromatic heterocycles. The zero-order valence-electron chi connectivity index (χ0n) is 10.5. The summed E-state index contributed by atoms with van der Waals surface area (Å²) in [6.45, 7) is 0.0868. The van der Waals surface area contributed by atoms with Gasteiger partial charge in [-0.05, 0) is 24.3 Å². The minimum absolute atomic E-state index is 0.0868. The molecule has 9 heteroatoms. The molecule has 0 amide bonds. The van der Waals surface area contributed by atoms with Crippen molar-refractivity contribution < 1.29 is 18.8 Å². The quantitative estimate of drug-likeness (QED) is 0.769. The molecule has 0 spiro atoms. The zero-order valence-corrected chi connectivity index (χ0v) is 10.5. The van der Waals surface area contributed by atoms with Gasteiger partial charge in [-0.3, -0.25) is 0 Å². The van der Waals surface area contributed by atoms with E-state index >= 15 is 0 Å². The van der Waals surface area contributed by atoms with Crippen LogP contribution in [0.3, 0.4) is 0 Å². The van der Waals surface area contributed by atoms with Crippen molar-refractivity contribution in [1.82, 2.24) is 25.1 Å². The maximum Gasteiger partial charge on any atom is 0.358 e. The molecule has 2 heterocycles. The fraction of sp³-hybridized carbons (Fsp3) is 0.0833. The summed E-state index contributed by atoms with van der Waals surface area (Å²) in [5, 5.41) is 20.2. The molecule has 0 saturated carbocycles. The van der Waals surface area contributed by atoms with Gasteiger partial charge in [0.1, 0.15) is 18.1 Å². The minimum Gasteiger partial charge on any atom is -0.476 e. The van der Waals surface area contributed by atoms with Crippen LogP contribution in [0.1, 0.15) is 16.3 Å². The van der Waals surface area contributed by atoms with Crippen molar-refractivity contribution in [1.29, 1.82) is 0 Å². The first-order chi connectivity index (χ1) is 10.1. The van der Waals surface area contributed by atoms with E-state index in [0.717, 1.165) is 6.39 Å². The van der Waals surface area contributed by atoms with Gasteiger partial charge in [-0.15, -0.1) is 5.10 Å². The number of hydrogen-bond acceptors (Lipinski definition) is 6. The normalized spacial score (nSPS) is 10.7. The number of halogens is 1. The molecule has 0 unspecified atom stereocenters. The molecule has 1 aromatic carbocycles. The van der Waals surface area contributed by atoms with Gasteiger partial charge in [-0.1, -0.05) is 10.4 Å². The Bertz CT molecular complexity index is 767. The van der Waals surface area contributed by atoms with Gasteiger partial charge in [0.2, 0.25) is 6.39 Å². The standard InChI is InChI=1S/C12H8FN5O3/c13-8-3-1-7(2-4-8)11-10(12(19)20)15-17-18(11)5-9-14-6-21-16-9/h1-4,6H,5H2,(H,19,20). The van der Waals surface area contributed by atoms with Gasteiger partial charge in [-0.2, -0.15) is 4.98 Å². The third-order valence-electron chi connectivity index (χ3n) is 2.75. The van der Waals surface area contributed by atoms with E-state index in [9.17, 15) is 14.3 Å². The Morgan fingerprint density at radius 1 is 1.33 bits per heavy atom. The van der Waals surface area contributed by atoms with Gasteiger partial charge < -0.3 is 9.63 Å². The summed E-state index contributed by atoms with van der Waals surface area (Å²) in [5.41, 5.74) is 0.486. The SMILES string of the molecule is O=C(O)c1nnn(Cc2ncon2)c1-c1ccc(F)cc1. The average Bonchev–Trinajstić information content (AvgIpc) is 3.10. The molecule has 106 valence electrons. The predicted molar refractivity (Wildman–Crippen MR) is 65.8 cm³/mol. The van der Waals surface area contributed by atoms with Crippen molar-refractivity contribution in [3.8, 4) is 11.3 Å². The molecule has 0 aliphatic rings. The molecule has 8 nitrogen and oxygen atoms in total. The third kappa shape index (κ3) is 2.48. The lowest BCUT2D eigenvalue weighted by Crippen LogP contribution is -2.07. The van der Waals surface area contributed by atoms with Gasteiger partial charge in [0.15, 0.2) is 11.5 Å². The number of nitrogens with zero attached hydrogens (tertiary/aromatic N) is 5. The molecule has 0 bridgehead atoms. The van der Waals surface area contributed by atoms with Crippen LogP contribution in [0.15, 0.2) is 35.2 Å². The van der Waals surface area contributed by atoms with Crippen LogP contribution in [0.2, 0.25) is 0 Å². The van der Waals surface area contributed by atoms with Crippen LogP contribution in [0.5, 0.6) is 0 Å². The summed E-state index contributed by atoms with van der Waals surface area (Å²) in [4.78, 5) is 15.1. The molecular weight excluding hydrogens is 281 g/mol. The topological polar surface area (TPSA) is 107 Å². The number of aromatic nitrogens is 5. The fourth-order valence-corrected chi connectivity index (χ4v) is 1.86. The maximum absolute atomic E-state index is 13.0. The van der Waals surface area contributed by atoms with Crippen LogP contribution in [0, 0.1) is 5.82 Å². The summed E-state index contributed by atoms with van der Waals surface area (Å²) >= 11 is 0. The van der Waals surface area contributed by atoms with Crippen molar-refractivity contribution in [2.45, 2.75) is 6.54 Å². The van der Waals surface area contributed by atoms with E-state index in [0.29, 0.717) is 11.4 Å². The van der Waals surface area contributed by atoms with Gasteiger partial charge in [0.05, 0.1) is 0 Å². The monoisotopic (exact) mass is 289 g/mol. The second-order valence-corrected chi connectivity index (χ2v) is 4.10. The highest BCUT2D eigenvalue weighted by molar-refractivity contribution is 5.92. The molecule has 0 aliphatic heterocycles. The Morgan fingerprint density at radius 3 is 2.71 bits per heavy atom. The molecule has 0 saturated heterocycles. The molecule has 0 fully saturated rings. The van der Waals surface area contributed by atoms with Gasteiger partial charge in [0.25, 0.3) is 0 Å². The van der Waals surface area contributed by atoms with Crippen LogP contribution in [-0.2, 0) is 6.54 Å². The summed E-state index contributed by atoms with van der Waals surface area (Å²) in [7, 11) is 0.